The molecule has 3 unspecified atom stereocenters. The molecule has 3 rings (SSSR count). The summed E-state index contributed by atoms with van der Waals surface area (Å²) in [4.78, 5) is 0. The Labute approximate surface area is 199 Å². The first-order valence-corrected chi connectivity index (χ1v) is 12.1. The Bertz CT molecular complexity index is 916. The average Bonchev–Trinajstić information content (AvgIpc) is 2.82. The molecule has 1 radical (unpaired) electrons. The standard InChI is InChI=1S/C30H36.Li/c1-5-23(3)21-29(25-15-9-7-10-16-25)27-19-13-14-20-28(27)30(22-24(4)6-2)26-17-11-8-12-18-26;/h7-19,23-24,29H,5-6,21-22H2,1-4H3;. The summed E-state index contributed by atoms with van der Waals surface area (Å²) in [5, 5.41) is 0. The van der Waals surface area contributed by atoms with Crippen LogP contribution in [0.3, 0.4) is 0 Å². The van der Waals surface area contributed by atoms with Crippen molar-refractivity contribution in [3.8, 4) is 0 Å². The molecular formula is C30H36Li. The fourth-order valence-corrected chi connectivity index (χ4v) is 4.59. The van der Waals surface area contributed by atoms with E-state index in [1.807, 2.05) is 0 Å². The molecule has 3 atom stereocenters. The van der Waals surface area contributed by atoms with Crippen LogP contribution in [0.1, 0.15) is 81.5 Å². The van der Waals surface area contributed by atoms with Gasteiger partial charge in [-0.25, -0.2) is 0 Å². The van der Waals surface area contributed by atoms with E-state index in [9.17, 15) is 0 Å². The third-order valence-corrected chi connectivity index (χ3v) is 6.89. The molecule has 3 aromatic rings. The molecule has 0 N–H and O–H groups in total. The first-order valence-electron chi connectivity index (χ1n) is 12.1. The van der Waals surface area contributed by atoms with Crippen molar-refractivity contribution in [2.75, 3.05) is 0 Å². The molecule has 0 aliphatic heterocycles. The van der Waals surface area contributed by atoms with Gasteiger partial charge in [-0.3, -0.25) is 0 Å². The van der Waals surface area contributed by atoms with Crippen molar-refractivity contribution in [2.45, 2.75) is 59.3 Å². The van der Waals surface area contributed by atoms with Crippen molar-refractivity contribution in [1.82, 2.24) is 0 Å². The van der Waals surface area contributed by atoms with Gasteiger partial charge in [0, 0.05) is 0 Å². The third-order valence-electron chi connectivity index (χ3n) is 6.89. The van der Waals surface area contributed by atoms with Crippen molar-refractivity contribution in [1.29, 1.82) is 0 Å². The topological polar surface area (TPSA) is 0 Å². The fraction of sp³-hybridized carbons (Fsp3) is 0.367. The van der Waals surface area contributed by atoms with Crippen LogP contribution in [0.4, 0.5) is 0 Å². The van der Waals surface area contributed by atoms with Gasteiger partial charge in [-0.05, 0) is 0 Å². The van der Waals surface area contributed by atoms with Crippen molar-refractivity contribution in [2.24, 2.45) is 11.8 Å². The maximum atomic E-state index is 2.40. The van der Waals surface area contributed by atoms with E-state index in [4.69, 9.17) is 0 Å². The van der Waals surface area contributed by atoms with Crippen molar-refractivity contribution >= 4 is 22.0 Å². The van der Waals surface area contributed by atoms with Crippen LogP contribution < -0.4 is 4.24 Å². The van der Waals surface area contributed by atoms with E-state index in [-0.39, 0.29) is 0 Å². The van der Waals surface area contributed by atoms with E-state index in [1.54, 1.807) is 0 Å². The molecule has 3 aromatic carbocycles. The molecule has 31 heavy (non-hydrogen) atoms. The first-order chi connectivity index (χ1) is 15.0. The second-order valence-electron chi connectivity index (χ2n) is 9.31. The number of benzene rings is 3. The predicted octanol–water partition coefficient (Wildman–Crippen LogP) is 7.46. The van der Waals surface area contributed by atoms with Gasteiger partial charge < -0.3 is 0 Å². The summed E-state index contributed by atoms with van der Waals surface area (Å²) >= 11 is 2.30. The van der Waals surface area contributed by atoms with Crippen LogP contribution in [0.25, 0.3) is 0 Å². The van der Waals surface area contributed by atoms with Crippen LogP contribution in [-0.2, 0) is 0 Å². The zero-order valence-electron chi connectivity index (χ0n) is 20.1. The van der Waals surface area contributed by atoms with Gasteiger partial charge in [0.05, 0.1) is 0 Å². The van der Waals surface area contributed by atoms with E-state index < -0.39 is 0 Å². The summed E-state index contributed by atoms with van der Waals surface area (Å²) < 4.78 is 1.39. The zero-order chi connectivity index (χ0) is 22.2. The van der Waals surface area contributed by atoms with Gasteiger partial charge in [0.25, 0.3) is 0 Å². The van der Waals surface area contributed by atoms with Gasteiger partial charge in [0.1, 0.15) is 0 Å². The van der Waals surface area contributed by atoms with Crippen LogP contribution in [0, 0.1) is 17.8 Å². The molecule has 0 fully saturated rings. The molecule has 0 spiro atoms. The summed E-state index contributed by atoms with van der Waals surface area (Å²) in [6.45, 7) is 9.40. The molecule has 0 nitrogen and oxygen atoms in total. The fourth-order valence-electron chi connectivity index (χ4n) is 4.59. The predicted molar refractivity (Wildman–Crippen MR) is 136 cm³/mol. The SMILES string of the molecule is [Li][c]1cccc(C(CC(C)CC)c2ccccc2)c1[C](CC(C)CC)c1ccccc1. The van der Waals surface area contributed by atoms with Crippen molar-refractivity contribution < 1.29 is 0 Å². The summed E-state index contributed by atoms with van der Waals surface area (Å²) in [5.74, 6) is 3.27. The second kappa shape index (κ2) is 11.8. The summed E-state index contributed by atoms with van der Waals surface area (Å²) in [7, 11) is 0. The Morgan fingerprint density at radius 3 is 1.97 bits per heavy atom. The van der Waals surface area contributed by atoms with E-state index in [0.29, 0.717) is 17.8 Å². The Hall–Kier alpha value is -1.74. The Morgan fingerprint density at radius 1 is 0.742 bits per heavy atom. The van der Waals surface area contributed by atoms with Crippen LogP contribution in [0.15, 0.2) is 78.9 Å². The Balaban J connectivity index is 2.17. The molecule has 0 bridgehead atoms. The molecule has 0 saturated heterocycles. The van der Waals surface area contributed by atoms with E-state index in [1.165, 1.54) is 51.7 Å². The summed E-state index contributed by atoms with van der Waals surface area (Å²) in [5.41, 5.74) is 5.78. The van der Waals surface area contributed by atoms with Gasteiger partial charge in [-0.1, -0.05) is 0 Å². The normalized spacial score (nSPS) is 14.4. The van der Waals surface area contributed by atoms with E-state index in [2.05, 4.69) is 124 Å². The van der Waals surface area contributed by atoms with Gasteiger partial charge in [0.15, 0.2) is 0 Å². The zero-order valence-corrected chi connectivity index (χ0v) is 20.1. The van der Waals surface area contributed by atoms with Gasteiger partial charge in [-0.2, -0.15) is 0 Å². The van der Waals surface area contributed by atoms with E-state index >= 15 is 0 Å². The molecule has 0 heterocycles. The molecule has 0 aromatic heterocycles. The Kier molecular flexibility index (Phi) is 9.07. The molecule has 157 valence electrons. The average molecular weight is 404 g/mol. The molecule has 1 heteroatoms. The third kappa shape index (κ3) is 6.16. The van der Waals surface area contributed by atoms with E-state index in [0.717, 1.165) is 6.42 Å². The monoisotopic (exact) mass is 403 g/mol. The summed E-state index contributed by atoms with van der Waals surface area (Å²) in [6, 6.07) is 29.1. The molecule has 0 amide bonds. The van der Waals surface area contributed by atoms with Crippen LogP contribution in [0.5, 0.6) is 0 Å². The molecule has 0 saturated carbocycles. The van der Waals surface area contributed by atoms with Gasteiger partial charge >= 0.3 is 200 Å². The first kappa shape index (κ1) is 23.9. The minimum absolute atomic E-state index is 0.418. The van der Waals surface area contributed by atoms with Gasteiger partial charge in [-0.15, -0.1) is 0 Å². The number of hydrogen-bond donors (Lipinski definition) is 0. The van der Waals surface area contributed by atoms with Crippen LogP contribution in [-0.4, -0.2) is 17.7 Å². The number of hydrogen-bond acceptors (Lipinski definition) is 0. The summed E-state index contributed by atoms with van der Waals surface area (Å²) in [6.07, 6.45) is 4.71. The number of rotatable bonds is 10. The second-order valence-corrected chi connectivity index (χ2v) is 9.31. The quantitative estimate of drug-likeness (QED) is 0.308. The van der Waals surface area contributed by atoms with Crippen molar-refractivity contribution in [3.05, 3.63) is 107 Å². The molecule has 0 aliphatic rings. The van der Waals surface area contributed by atoms with Crippen LogP contribution >= 0.6 is 0 Å². The minimum atomic E-state index is 0.418. The molecular weight excluding hydrogens is 367 g/mol. The van der Waals surface area contributed by atoms with Crippen molar-refractivity contribution in [3.63, 3.8) is 0 Å². The maximum absolute atomic E-state index is 2.40. The van der Waals surface area contributed by atoms with Crippen LogP contribution in [0.2, 0.25) is 0 Å². The molecule has 0 aliphatic carbocycles. The van der Waals surface area contributed by atoms with Gasteiger partial charge in [0.2, 0.25) is 0 Å². The Morgan fingerprint density at radius 2 is 1.35 bits per heavy atom.